The van der Waals surface area contributed by atoms with Gasteiger partial charge in [0.1, 0.15) is 12.0 Å². The van der Waals surface area contributed by atoms with Crippen LogP contribution < -0.4 is 5.32 Å². The van der Waals surface area contributed by atoms with E-state index in [1.165, 1.54) is 12.5 Å². The summed E-state index contributed by atoms with van der Waals surface area (Å²) in [6.07, 6.45) is 8.18. The molecule has 1 aromatic carbocycles. The van der Waals surface area contributed by atoms with Crippen molar-refractivity contribution in [2.24, 2.45) is 0 Å². The molecule has 0 aliphatic carbocycles. The van der Waals surface area contributed by atoms with E-state index in [1.807, 2.05) is 35.9 Å². The summed E-state index contributed by atoms with van der Waals surface area (Å²) in [4.78, 5) is 23.9. The minimum absolute atomic E-state index is 0.261. The van der Waals surface area contributed by atoms with Crippen molar-refractivity contribution in [1.82, 2.24) is 19.5 Å². The Kier molecular flexibility index (Phi) is 3.42. The van der Waals surface area contributed by atoms with Crippen molar-refractivity contribution >= 4 is 11.6 Å². The third kappa shape index (κ3) is 2.64. The fourth-order valence-electron chi connectivity index (χ4n) is 2.05. The van der Waals surface area contributed by atoms with Crippen molar-refractivity contribution in [3.8, 4) is 5.69 Å². The van der Waals surface area contributed by atoms with E-state index in [-0.39, 0.29) is 5.91 Å². The quantitative estimate of drug-likeness (QED) is 0.798. The maximum absolute atomic E-state index is 12.1. The van der Waals surface area contributed by atoms with E-state index < -0.39 is 0 Å². The molecule has 0 unspecified atom stereocenters. The molecule has 0 fully saturated rings. The average molecular weight is 279 g/mol. The van der Waals surface area contributed by atoms with Gasteiger partial charge in [0.05, 0.1) is 12.0 Å². The van der Waals surface area contributed by atoms with Crippen molar-refractivity contribution in [3.63, 3.8) is 0 Å². The van der Waals surface area contributed by atoms with Gasteiger partial charge in [0, 0.05) is 24.3 Å². The van der Waals surface area contributed by atoms with Gasteiger partial charge in [-0.15, -0.1) is 0 Å². The molecule has 0 bridgehead atoms. The average Bonchev–Trinajstić information content (AvgIpc) is 3.04. The highest BCUT2D eigenvalue weighted by atomic mass is 16.1. The van der Waals surface area contributed by atoms with Crippen LogP contribution in [0.15, 0.2) is 55.5 Å². The van der Waals surface area contributed by atoms with E-state index in [9.17, 15) is 4.79 Å². The monoisotopic (exact) mass is 279 g/mol. The molecule has 0 aliphatic rings. The zero-order valence-electron chi connectivity index (χ0n) is 11.4. The van der Waals surface area contributed by atoms with E-state index in [2.05, 4.69) is 20.3 Å². The Morgan fingerprint density at radius 1 is 1.19 bits per heavy atom. The van der Waals surface area contributed by atoms with E-state index in [1.54, 1.807) is 18.6 Å². The smallest absolute Gasteiger partial charge is 0.274 e. The lowest BCUT2D eigenvalue weighted by molar-refractivity contribution is 0.102. The standard InChI is InChI=1S/C15H13N5O/c1-11-12(19-15(21)13-5-6-16-9-18-13)3-2-4-14(11)20-8-7-17-10-20/h2-10H,1H3,(H,19,21). The van der Waals surface area contributed by atoms with Gasteiger partial charge in [-0.2, -0.15) is 0 Å². The van der Waals surface area contributed by atoms with E-state index in [4.69, 9.17) is 0 Å². The third-order valence-corrected chi connectivity index (χ3v) is 3.15. The first kappa shape index (κ1) is 13.0. The predicted octanol–water partition coefficient (Wildman–Crippen LogP) is 2.22. The minimum atomic E-state index is -0.261. The zero-order valence-corrected chi connectivity index (χ0v) is 11.4. The number of hydrogen-bond acceptors (Lipinski definition) is 4. The van der Waals surface area contributed by atoms with Crippen LogP contribution in [0.2, 0.25) is 0 Å². The van der Waals surface area contributed by atoms with Gasteiger partial charge in [-0.3, -0.25) is 4.79 Å². The fraction of sp³-hybridized carbons (Fsp3) is 0.0667. The van der Waals surface area contributed by atoms with Crippen LogP contribution in [0.4, 0.5) is 5.69 Å². The number of aromatic nitrogens is 4. The summed E-state index contributed by atoms with van der Waals surface area (Å²) in [6.45, 7) is 1.95. The van der Waals surface area contributed by atoms with Crippen LogP contribution in [0.25, 0.3) is 5.69 Å². The van der Waals surface area contributed by atoms with Gasteiger partial charge in [-0.25, -0.2) is 15.0 Å². The van der Waals surface area contributed by atoms with Gasteiger partial charge in [-0.1, -0.05) is 6.07 Å². The highest BCUT2D eigenvalue weighted by Gasteiger charge is 2.11. The highest BCUT2D eigenvalue weighted by molar-refractivity contribution is 6.03. The van der Waals surface area contributed by atoms with Gasteiger partial charge in [0.2, 0.25) is 0 Å². The van der Waals surface area contributed by atoms with E-state index in [0.29, 0.717) is 5.69 Å². The Balaban J connectivity index is 1.90. The summed E-state index contributed by atoms with van der Waals surface area (Å²) < 4.78 is 1.90. The molecular formula is C15H13N5O. The molecule has 3 rings (SSSR count). The van der Waals surface area contributed by atoms with Crippen LogP contribution >= 0.6 is 0 Å². The van der Waals surface area contributed by atoms with Crippen molar-refractivity contribution in [2.45, 2.75) is 6.92 Å². The zero-order chi connectivity index (χ0) is 14.7. The molecule has 0 saturated heterocycles. The van der Waals surface area contributed by atoms with Crippen molar-refractivity contribution < 1.29 is 4.79 Å². The lowest BCUT2D eigenvalue weighted by Gasteiger charge is -2.12. The summed E-state index contributed by atoms with van der Waals surface area (Å²) in [6, 6.07) is 7.29. The van der Waals surface area contributed by atoms with Gasteiger partial charge in [-0.05, 0) is 30.7 Å². The molecule has 0 atom stereocenters. The van der Waals surface area contributed by atoms with Crippen LogP contribution in [0.1, 0.15) is 16.1 Å². The Labute approximate surface area is 121 Å². The molecule has 0 saturated carbocycles. The Hall–Kier alpha value is -3.02. The van der Waals surface area contributed by atoms with Gasteiger partial charge >= 0.3 is 0 Å². The molecule has 0 aliphatic heterocycles. The number of nitrogens with one attached hydrogen (secondary N) is 1. The fourth-order valence-corrected chi connectivity index (χ4v) is 2.05. The first-order chi connectivity index (χ1) is 10.3. The number of carbonyl (C=O) groups is 1. The molecule has 3 aromatic rings. The SMILES string of the molecule is Cc1c(NC(=O)c2ccncn2)cccc1-n1ccnc1. The topological polar surface area (TPSA) is 72.7 Å². The number of benzene rings is 1. The van der Waals surface area contributed by atoms with E-state index >= 15 is 0 Å². The molecule has 1 amide bonds. The number of hydrogen-bond donors (Lipinski definition) is 1. The van der Waals surface area contributed by atoms with E-state index in [0.717, 1.165) is 16.9 Å². The lowest BCUT2D eigenvalue weighted by atomic mass is 10.1. The Morgan fingerprint density at radius 3 is 2.81 bits per heavy atom. The van der Waals surface area contributed by atoms with Crippen molar-refractivity contribution in [3.05, 3.63) is 66.8 Å². The molecule has 2 heterocycles. The summed E-state index contributed by atoms with van der Waals surface area (Å²) in [5.41, 5.74) is 2.99. The van der Waals surface area contributed by atoms with Gasteiger partial charge in [0.25, 0.3) is 5.91 Å². The third-order valence-electron chi connectivity index (χ3n) is 3.15. The second kappa shape index (κ2) is 5.54. The molecule has 6 nitrogen and oxygen atoms in total. The Bertz CT molecular complexity index is 753. The molecule has 21 heavy (non-hydrogen) atoms. The molecule has 0 radical (unpaired) electrons. The van der Waals surface area contributed by atoms with Crippen molar-refractivity contribution in [2.75, 3.05) is 5.32 Å². The van der Waals surface area contributed by atoms with Crippen LogP contribution in [-0.4, -0.2) is 25.4 Å². The summed E-state index contributed by atoms with van der Waals surface area (Å²) >= 11 is 0. The maximum Gasteiger partial charge on any atom is 0.274 e. The molecule has 0 spiro atoms. The highest BCUT2D eigenvalue weighted by Crippen LogP contribution is 2.22. The molecular weight excluding hydrogens is 266 g/mol. The summed E-state index contributed by atoms with van der Waals surface area (Å²) in [5, 5.41) is 2.87. The number of anilines is 1. The minimum Gasteiger partial charge on any atom is -0.320 e. The first-order valence-electron chi connectivity index (χ1n) is 6.41. The van der Waals surface area contributed by atoms with Crippen LogP contribution in [0, 0.1) is 6.92 Å². The second-order valence-corrected chi connectivity index (χ2v) is 4.47. The number of imidazole rings is 1. The Morgan fingerprint density at radius 2 is 2.10 bits per heavy atom. The molecule has 2 aromatic heterocycles. The van der Waals surface area contributed by atoms with Crippen LogP contribution in [0.5, 0.6) is 0 Å². The van der Waals surface area contributed by atoms with Gasteiger partial charge < -0.3 is 9.88 Å². The number of rotatable bonds is 3. The predicted molar refractivity (Wildman–Crippen MR) is 78.3 cm³/mol. The number of carbonyl (C=O) groups excluding carboxylic acids is 1. The number of nitrogens with zero attached hydrogens (tertiary/aromatic N) is 4. The van der Waals surface area contributed by atoms with Gasteiger partial charge in [0.15, 0.2) is 0 Å². The lowest BCUT2D eigenvalue weighted by Crippen LogP contribution is -2.15. The second-order valence-electron chi connectivity index (χ2n) is 4.47. The first-order valence-corrected chi connectivity index (χ1v) is 6.41. The van der Waals surface area contributed by atoms with Crippen molar-refractivity contribution in [1.29, 1.82) is 0 Å². The van der Waals surface area contributed by atoms with Crippen LogP contribution in [-0.2, 0) is 0 Å². The number of amides is 1. The normalized spacial score (nSPS) is 10.3. The summed E-state index contributed by atoms with van der Waals surface area (Å²) in [7, 11) is 0. The molecule has 6 heteroatoms. The molecule has 1 N–H and O–H groups in total. The molecule has 104 valence electrons. The summed E-state index contributed by atoms with van der Waals surface area (Å²) in [5.74, 6) is -0.261. The largest absolute Gasteiger partial charge is 0.320 e. The van der Waals surface area contributed by atoms with Crippen LogP contribution in [0.3, 0.4) is 0 Å². The maximum atomic E-state index is 12.1.